The number of rotatable bonds is 3. The molecule has 3 nitrogen and oxygen atoms in total. The zero-order valence-electron chi connectivity index (χ0n) is 9.71. The lowest BCUT2D eigenvalue weighted by Crippen LogP contribution is -1.87. The third-order valence-corrected chi connectivity index (χ3v) is 2.52. The molecule has 0 saturated heterocycles. The second-order valence-corrected chi connectivity index (χ2v) is 3.76. The topological polar surface area (TPSA) is 55.4 Å². The number of aliphatic imine (C=N–C) groups is 1. The molecular formula is C15H12N2O. The summed E-state index contributed by atoms with van der Waals surface area (Å²) in [5.74, 6) is 0. The summed E-state index contributed by atoms with van der Waals surface area (Å²) in [6, 6.07) is 14.9. The van der Waals surface area contributed by atoms with Crippen LogP contribution in [0.25, 0.3) is 12.2 Å². The third-order valence-electron chi connectivity index (χ3n) is 2.52. The summed E-state index contributed by atoms with van der Waals surface area (Å²) in [4.78, 5) is 13.6. The SMILES string of the molecule is Nc1ccccc1/C=C/c1ccc(N=C=O)cc1. The van der Waals surface area contributed by atoms with Crippen molar-refractivity contribution in [1.82, 2.24) is 0 Å². The summed E-state index contributed by atoms with van der Waals surface area (Å²) < 4.78 is 0. The van der Waals surface area contributed by atoms with E-state index >= 15 is 0 Å². The fourth-order valence-corrected chi connectivity index (χ4v) is 1.56. The van der Waals surface area contributed by atoms with Crippen molar-refractivity contribution in [2.45, 2.75) is 0 Å². The molecule has 88 valence electrons. The molecule has 0 bridgehead atoms. The Morgan fingerprint density at radius 2 is 1.72 bits per heavy atom. The zero-order valence-corrected chi connectivity index (χ0v) is 9.71. The van der Waals surface area contributed by atoms with Gasteiger partial charge in [-0.3, -0.25) is 0 Å². The van der Waals surface area contributed by atoms with Crippen molar-refractivity contribution in [3.8, 4) is 0 Å². The van der Waals surface area contributed by atoms with E-state index in [2.05, 4.69) is 4.99 Å². The molecule has 0 heterocycles. The van der Waals surface area contributed by atoms with Gasteiger partial charge in [-0.2, -0.15) is 4.99 Å². The van der Waals surface area contributed by atoms with Gasteiger partial charge in [0.2, 0.25) is 6.08 Å². The number of nitrogens with zero attached hydrogens (tertiary/aromatic N) is 1. The fourth-order valence-electron chi connectivity index (χ4n) is 1.56. The second-order valence-electron chi connectivity index (χ2n) is 3.76. The van der Waals surface area contributed by atoms with Gasteiger partial charge in [-0.15, -0.1) is 0 Å². The highest BCUT2D eigenvalue weighted by molar-refractivity contribution is 5.75. The highest BCUT2D eigenvalue weighted by atomic mass is 16.1. The molecule has 0 radical (unpaired) electrons. The first-order chi connectivity index (χ1) is 8.79. The first-order valence-electron chi connectivity index (χ1n) is 5.50. The van der Waals surface area contributed by atoms with Gasteiger partial charge in [-0.25, -0.2) is 4.79 Å². The average molecular weight is 236 g/mol. The van der Waals surface area contributed by atoms with Crippen LogP contribution < -0.4 is 5.73 Å². The number of nitrogen functional groups attached to an aromatic ring is 1. The molecule has 0 saturated carbocycles. The van der Waals surface area contributed by atoms with Crippen LogP contribution in [0, 0.1) is 0 Å². The van der Waals surface area contributed by atoms with Crippen LogP contribution in [0.2, 0.25) is 0 Å². The van der Waals surface area contributed by atoms with Gasteiger partial charge in [0.15, 0.2) is 0 Å². The van der Waals surface area contributed by atoms with Crippen molar-refractivity contribution < 1.29 is 4.79 Å². The summed E-state index contributed by atoms with van der Waals surface area (Å²) in [6.45, 7) is 0. The van der Waals surface area contributed by atoms with Crippen LogP contribution in [-0.2, 0) is 4.79 Å². The Bertz CT molecular complexity index is 609. The van der Waals surface area contributed by atoms with Crippen LogP contribution in [0.4, 0.5) is 11.4 Å². The molecule has 0 atom stereocenters. The van der Waals surface area contributed by atoms with Gasteiger partial charge < -0.3 is 5.73 Å². The number of para-hydroxylation sites is 1. The molecule has 0 spiro atoms. The molecule has 2 aromatic carbocycles. The van der Waals surface area contributed by atoms with Gasteiger partial charge >= 0.3 is 0 Å². The van der Waals surface area contributed by atoms with Crippen molar-refractivity contribution in [3.05, 3.63) is 59.7 Å². The molecule has 3 heteroatoms. The minimum Gasteiger partial charge on any atom is -0.398 e. The van der Waals surface area contributed by atoms with Crippen LogP contribution >= 0.6 is 0 Å². The van der Waals surface area contributed by atoms with Crippen LogP contribution in [0.5, 0.6) is 0 Å². The van der Waals surface area contributed by atoms with Crippen molar-refractivity contribution in [2.75, 3.05) is 5.73 Å². The Morgan fingerprint density at radius 1 is 1.00 bits per heavy atom. The molecule has 2 N–H and O–H groups in total. The molecule has 0 fully saturated rings. The Morgan fingerprint density at radius 3 is 2.39 bits per heavy atom. The molecule has 2 aromatic rings. The molecule has 2 rings (SSSR count). The first kappa shape index (κ1) is 11.8. The summed E-state index contributed by atoms with van der Waals surface area (Å²) in [5, 5.41) is 0. The van der Waals surface area contributed by atoms with Gasteiger partial charge in [0.05, 0.1) is 5.69 Å². The molecule has 0 amide bonds. The van der Waals surface area contributed by atoms with Gasteiger partial charge in [0, 0.05) is 5.69 Å². The molecule has 0 aliphatic rings. The lowest BCUT2D eigenvalue weighted by molar-refractivity contribution is 0.565. The zero-order chi connectivity index (χ0) is 12.8. The van der Waals surface area contributed by atoms with Gasteiger partial charge in [0.1, 0.15) is 0 Å². The third kappa shape index (κ3) is 2.94. The second kappa shape index (κ2) is 5.62. The summed E-state index contributed by atoms with van der Waals surface area (Å²) >= 11 is 0. The van der Waals surface area contributed by atoms with Crippen molar-refractivity contribution in [2.24, 2.45) is 4.99 Å². The van der Waals surface area contributed by atoms with E-state index in [0.29, 0.717) is 5.69 Å². The number of isocyanates is 1. The Labute approximate surface area is 105 Å². The number of hydrogen-bond donors (Lipinski definition) is 1. The van der Waals surface area contributed by atoms with E-state index in [9.17, 15) is 4.79 Å². The average Bonchev–Trinajstić information content (AvgIpc) is 2.40. The van der Waals surface area contributed by atoms with E-state index in [-0.39, 0.29) is 0 Å². The van der Waals surface area contributed by atoms with E-state index in [1.165, 1.54) is 6.08 Å². The van der Waals surface area contributed by atoms with Crippen LogP contribution in [-0.4, -0.2) is 6.08 Å². The van der Waals surface area contributed by atoms with Gasteiger partial charge in [0.25, 0.3) is 0 Å². The number of hydrogen-bond acceptors (Lipinski definition) is 3. The van der Waals surface area contributed by atoms with E-state index < -0.39 is 0 Å². The highest BCUT2D eigenvalue weighted by Gasteiger charge is 1.93. The number of anilines is 1. The van der Waals surface area contributed by atoms with Crippen LogP contribution in [0.3, 0.4) is 0 Å². The lowest BCUT2D eigenvalue weighted by Gasteiger charge is -1.99. The number of nitrogens with two attached hydrogens (primary N) is 1. The predicted molar refractivity (Wildman–Crippen MR) is 74.0 cm³/mol. The smallest absolute Gasteiger partial charge is 0.240 e. The minimum absolute atomic E-state index is 0.598. The molecule has 0 unspecified atom stereocenters. The number of benzene rings is 2. The van der Waals surface area contributed by atoms with Crippen molar-refractivity contribution in [1.29, 1.82) is 0 Å². The predicted octanol–water partition coefficient (Wildman–Crippen LogP) is 3.41. The van der Waals surface area contributed by atoms with E-state index in [4.69, 9.17) is 5.73 Å². The minimum atomic E-state index is 0.598. The standard InChI is InChI=1S/C15H12N2O/c16-15-4-2-1-3-13(15)8-5-12-6-9-14(10-7-12)17-11-18/h1-10H,16H2/b8-5+. The maximum atomic E-state index is 10.1. The van der Waals surface area contributed by atoms with Crippen LogP contribution in [0.15, 0.2) is 53.5 Å². The Hall–Kier alpha value is -2.64. The maximum Gasteiger partial charge on any atom is 0.240 e. The molecule has 0 aliphatic heterocycles. The highest BCUT2D eigenvalue weighted by Crippen LogP contribution is 2.17. The molecule has 0 aromatic heterocycles. The van der Waals surface area contributed by atoms with E-state index in [1.54, 1.807) is 12.1 Å². The van der Waals surface area contributed by atoms with Crippen molar-refractivity contribution >= 4 is 29.6 Å². The summed E-state index contributed by atoms with van der Waals surface area (Å²) in [5.41, 5.74) is 9.18. The Kier molecular flexibility index (Phi) is 3.69. The normalized spacial score (nSPS) is 10.2. The fraction of sp³-hybridized carbons (Fsp3) is 0. The van der Waals surface area contributed by atoms with Crippen LogP contribution in [0.1, 0.15) is 11.1 Å². The first-order valence-corrected chi connectivity index (χ1v) is 5.50. The van der Waals surface area contributed by atoms with Gasteiger partial charge in [-0.1, -0.05) is 42.5 Å². The molecule has 0 aliphatic carbocycles. The summed E-state index contributed by atoms with van der Waals surface area (Å²) in [6.07, 6.45) is 5.42. The molecular weight excluding hydrogens is 224 g/mol. The van der Waals surface area contributed by atoms with E-state index in [0.717, 1.165) is 16.8 Å². The van der Waals surface area contributed by atoms with Crippen molar-refractivity contribution in [3.63, 3.8) is 0 Å². The summed E-state index contributed by atoms with van der Waals surface area (Å²) in [7, 11) is 0. The largest absolute Gasteiger partial charge is 0.398 e. The monoisotopic (exact) mass is 236 g/mol. The molecule has 18 heavy (non-hydrogen) atoms. The lowest BCUT2D eigenvalue weighted by atomic mass is 10.1. The maximum absolute atomic E-state index is 10.1. The van der Waals surface area contributed by atoms with Gasteiger partial charge in [-0.05, 0) is 29.3 Å². The van der Waals surface area contributed by atoms with E-state index in [1.807, 2.05) is 48.6 Å². The number of carbonyl (C=O) groups excluding carboxylic acids is 1. The Balaban J connectivity index is 2.19. The quantitative estimate of drug-likeness (QED) is 0.384.